The average molecular weight is 139 g/mol. The monoisotopic (exact) mass is 139 g/mol. The first kappa shape index (κ1) is 6.66. The van der Waals surface area contributed by atoms with Gasteiger partial charge in [-0.05, 0) is 24.8 Å². The molecule has 58 valence electrons. The van der Waals surface area contributed by atoms with E-state index in [1.165, 1.54) is 32.4 Å². The summed E-state index contributed by atoms with van der Waals surface area (Å²) in [5.41, 5.74) is 0.773. The fourth-order valence-corrected chi connectivity index (χ4v) is 2.81. The second-order valence-electron chi connectivity index (χ2n) is 4.33. The summed E-state index contributed by atoms with van der Waals surface area (Å²) in [6, 6.07) is 0. The molecular weight excluding hydrogens is 122 g/mol. The Balaban J connectivity index is 2.03. The summed E-state index contributed by atoms with van der Waals surface area (Å²) >= 11 is 0. The van der Waals surface area contributed by atoms with Crippen LogP contribution < -0.4 is 0 Å². The molecule has 0 bridgehead atoms. The third kappa shape index (κ3) is 0.731. The molecule has 1 aliphatic heterocycles. The summed E-state index contributed by atoms with van der Waals surface area (Å²) in [5, 5.41) is 0. The Labute approximate surface area is 63.4 Å². The Bertz CT molecular complexity index is 136. The predicted molar refractivity (Wildman–Crippen MR) is 42.9 cm³/mol. The SMILES string of the molecule is C[C@H]1CCCC12CN(C)C2. The van der Waals surface area contributed by atoms with Gasteiger partial charge in [0, 0.05) is 13.1 Å². The molecule has 1 heterocycles. The Kier molecular flexibility index (Phi) is 1.31. The van der Waals surface area contributed by atoms with Gasteiger partial charge < -0.3 is 4.90 Å². The number of hydrogen-bond donors (Lipinski definition) is 0. The van der Waals surface area contributed by atoms with Crippen LogP contribution in [0.2, 0.25) is 0 Å². The molecule has 1 spiro atoms. The van der Waals surface area contributed by atoms with E-state index in [1.807, 2.05) is 0 Å². The third-order valence-corrected chi connectivity index (χ3v) is 3.53. The maximum atomic E-state index is 2.45. The fraction of sp³-hybridized carbons (Fsp3) is 1.00. The van der Waals surface area contributed by atoms with Crippen LogP contribution in [0.4, 0.5) is 0 Å². The third-order valence-electron chi connectivity index (χ3n) is 3.53. The highest BCUT2D eigenvalue weighted by Gasteiger charge is 2.47. The summed E-state index contributed by atoms with van der Waals surface area (Å²) in [4.78, 5) is 2.45. The van der Waals surface area contributed by atoms with Crippen molar-refractivity contribution >= 4 is 0 Å². The lowest BCUT2D eigenvalue weighted by molar-refractivity contribution is -0.00516. The maximum Gasteiger partial charge on any atom is 0.00500 e. The van der Waals surface area contributed by atoms with Crippen LogP contribution in [0.3, 0.4) is 0 Å². The molecule has 10 heavy (non-hydrogen) atoms. The summed E-state index contributed by atoms with van der Waals surface area (Å²) in [6.07, 6.45) is 4.46. The molecule has 2 aliphatic rings. The molecule has 0 aromatic rings. The average Bonchev–Trinajstić information content (AvgIpc) is 2.12. The zero-order valence-corrected chi connectivity index (χ0v) is 7.06. The van der Waals surface area contributed by atoms with Gasteiger partial charge in [-0.25, -0.2) is 0 Å². The standard InChI is InChI=1S/C9H17N/c1-8-4-3-5-9(8)6-10(2)7-9/h8H,3-7H2,1-2H3/t8-/m0/s1. The minimum Gasteiger partial charge on any atom is -0.305 e. The van der Waals surface area contributed by atoms with Gasteiger partial charge in [0.2, 0.25) is 0 Å². The topological polar surface area (TPSA) is 3.24 Å². The molecule has 0 unspecified atom stereocenters. The van der Waals surface area contributed by atoms with Crippen molar-refractivity contribution in [2.75, 3.05) is 20.1 Å². The lowest BCUT2D eigenvalue weighted by Crippen LogP contribution is -2.55. The second-order valence-corrected chi connectivity index (χ2v) is 4.33. The molecule has 1 saturated heterocycles. The van der Waals surface area contributed by atoms with E-state index in [0.29, 0.717) is 0 Å². The van der Waals surface area contributed by atoms with E-state index in [1.54, 1.807) is 0 Å². The van der Waals surface area contributed by atoms with Gasteiger partial charge in [-0.15, -0.1) is 0 Å². The summed E-state index contributed by atoms with van der Waals surface area (Å²) < 4.78 is 0. The molecule has 1 heteroatoms. The van der Waals surface area contributed by atoms with Gasteiger partial charge in [0.1, 0.15) is 0 Å². The van der Waals surface area contributed by atoms with Crippen molar-refractivity contribution in [3.63, 3.8) is 0 Å². The van der Waals surface area contributed by atoms with Gasteiger partial charge in [-0.3, -0.25) is 0 Å². The molecule has 0 aromatic heterocycles. The van der Waals surface area contributed by atoms with Crippen molar-refractivity contribution in [1.29, 1.82) is 0 Å². The van der Waals surface area contributed by atoms with Crippen LogP contribution in [0, 0.1) is 11.3 Å². The number of likely N-dealkylation sites (tertiary alicyclic amines) is 1. The van der Waals surface area contributed by atoms with Gasteiger partial charge in [0.05, 0.1) is 0 Å². The van der Waals surface area contributed by atoms with Gasteiger partial charge in [0.15, 0.2) is 0 Å². The molecule has 0 radical (unpaired) electrons. The van der Waals surface area contributed by atoms with Crippen molar-refractivity contribution in [2.45, 2.75) is 26.2 Å². The Morgan fingerprint density at radius 2 is 2.10 bits per heavy atom. The first-order valence-corrected chi connectivity index (χ1v) is 4.41. The highest BCUT2D eigenvalue weighted by molar-refractivity contribution is 5.00. The Hall–Kier alpha value is -0.0400. The first-order valence-electron chi connectivity index (χ1n) is 4.41. The van der Waals surface area contributed by atoms with E-state index in [2.05, 4.69) is 18.9 Å². The molecule has 0 amide bonds. The molecule has 2 rings (SSSR count). The largest absolute Gasteiger partial charge is 0.305 e. The van der Waals surface area contributed by atoms with E-state index < -0.39 is 0 Å². The summed E-state index contributed by atoms with van der Waals surface area (Å²) in [5.74, 6) is 1.00. The van der Waals surface area contributed by atoms with Crippen molar-refractivity contribution in [3.8, 4) is 0 Å². The second kappa shape index (κ2) is 1.97. The summed E-state index contributed by atoms with van der Waals surface area (Å²) in [6.45, 7) is 5.17. The Morgan fingerprint density at radius 1 is 1.40 bits per heavy atom. The van der Waals surface area contributed by atoms with Gasteiger partial charge >= 0.3 is 0 Å². The minimum atomic E-state index is 0.773. The van der Waals surface area contributed by atoms with Crippen molar-refractivity contribution in [2.24, 2.45) is 11.3 Å². The lowest BCUT2D eigenvalue weighted by atomic mass is 9.72. The lowest BCUT2D eigenvalue weighted by Gasteiger charge is -2.49. The normalized spacial score (nSPS) is 38.4. The molecule has 0 aromatic carbocycles. The van der Waals surface area contributed by atoms with E-state index in [4.69, 9.17) is 0 Å². The number of nitrogens with zero attached hydrogens (tertiary/aromatic N) is 1. The van der Waals surface area contributed by atoms with Crippen molar-refractivity contribution < 1.29 is 0 Å². The van der Waals surface area contributed by atoms with E-state index in [9.17, 15) is 0 Å². The molecule has 1 atom stereocenters. The number of hydrogen-bond acceptors (Lipinski definition) is 1. The molecule has 2 fully saturated rings. The zero-order chi connectivity index (χ0) is 7.19. The van der Waals surface area contributed by atoms with Crippen LogP contribution in [0.5, 0.6) is 0 Å². The molecular formula is C9H17N. The van der Waals surface area contributed by atoms with Gasteiger partial charge in [0.25, 0.3) is 0 Å². The zero-order valence-electron chi connectivity index (χ0n) is 7.06. The van der Waals surface area contributed by atoms with Crippen LogP contribution in [0.15, 0.2) is 0 Å². The fourth-order valence-electron chi connectivity index (χ4n) is 2.81. The highest BCUT2D eigenvalue weighted by atomic mass is 15.2. The maximum absolute atomic E-state index is 2.45. The van der Waals surface area contributed by atoms with Crippen LogP contribution >= 0.6 is 0 Å². The first-order chi connectivity index (χ1) is 4.73. The molecule has 1 nitrogen and oxygen atoms in total. The quantitative estimate of drug-likeness (QED) is 0.494. The highest BCUT2D eigenvalue weighted by Crippen LogP contribution is 2.48. The Morgan fingerprint density at radius 3 is 2.50 bits per heavy atom. The number of rotatable bonds is 0. The molecule has 1 saturated carbocycles. The van der Waals surface area contributed by atoms with Gasteiger partial charge in [-0.1, -0.05) is 19.8 Å². The van der Waals surface area contributed by atoms with Crippen LogP contribution in [0.25, 0.3) is 0 Å². The van der Waals surface area contributed by atoms with E-state index in [0.717, 1.165) is 11.3 Å². The van der Waals surface area contributed by atoms with Crippen LogP contribution in [-0.4, -0.2) is 25.0 Å². The van der Waals surface area contributed by atoms with Crippen LogP contribution in [0.1, 0.15) is 26.2 Å². The molecule has 1 aliphatic carbocycles. The smallest absolute Gasteiger partial charge is 0.00500 e. The van der Waals surface area contributed by atoms with E-state index >= 15 is 0 Å². The van der Waals surface area contributed by atoms with Crippen LogP contribution in [-0.2, 0) is 0 Å². The van der Waals surface area contributed by atoms with Gasteiger partial charge in [-0.2, -0.15) is 0 Å². The molecule has 0 N–H and O–H groups in total. The van der Waals surface area contributed by atoms with Crippen molar-refractivity contribution in [1.82, 2.24) is 4.90 Å². The minimum absolute atomic E-state index is 0.773. The van der Waals surface area contributed by atoms with Crippen molar-refractivity contribution in [3.05, 3.63) is 0 Å². The van der Waals surface area contributed by atoms with E-state index in [-0.39, 0.29) is 0 Å². The predicted octanol–water partition coefficient (Wildman–Crippen LogP) is 1.74. The summed E-state index contributed by atoms with van der Waals surface area (Å²) in [7, 11) is 2.23.